The maximum atomic E-state index is 11.7. The Bertz CT molecular complexity index is 206. The summed E-state index contributed by atoms with van der Waals surface area (Å²) in [4.78, 5) is 15.8. The molecule has 0 spiro atoms. The predicted molar refractivity (Wildman–Crippen MR) is 55.0 cm³/mol. The predicted octanol–water partition coefficient (Wildman–Crippen LogP) is -0.0802. The van der Waals surface area contributed by atoms with E-state index in [4.69, 9.17) is 5.11 Å². The first-order valence-electron chi connectivity index (χ1n) is 5.16. The van der Waals surface area contributed by atoms with Crippen LogP contribution in [0, 0.1) is 0 Å². The lowest BCUT2D eigenvalue weighted by Crippen LogP contribution is -2.53. The largest absolute Gasteiger partial charge is 0.393 e. The Morgan fingerprint density at radius 2 is 2.21 bits per heavy atom. The van der Waals surface area contributed by atoms with E-state index in [-0.39, 0.29) is 18.4 Å². The van der Waals surface area contributed by atoms with Crippen molar-refractivity contribution < 1.29 is 9.90 Å². The molecule has 1 N–H and O–H groups in total. The van der Waals surface area contributed by atoms with Crippen molar-refractivity contribution in [1.29, 1.82) is 0 Å². The second kappa shape index (κ2) is 4.75. The van der Waals surface area contributed by atoms with Crippen molar-refractivity contribution in [3.8, 4) is 0 Å². The van der Waals surface area contributed by atoms with Crippen LogP contribution in [0.4, 0.5) is 0 Å². The highest BCUT2D eigenvalue weighted by Crippen LogP contribution is 2.10. The zero-order chi connectivity index (χ0) is 10.7. The molecule has 4 nitrogen and oxygen atoms in total. The minimum atomic E-state index is -0.533. The molecule has 0 unspecified atom stereocenters. The highest BCUT2D eigenvalue weighted by atomic mass is 16.3. The van der Waals surface area contributed by atoms with Crippen molar-refractivity contribution >= 4 is 5.91 Å². The summed E-state index contributed by atoms with van der Waals surface area (Å²) in [6.45, 7) is 6.33. The van der Waals surface area contributed by atoms with Crippen LogP contribution < -0.4 is 0 Å². The average molecular weight is 200 g/mol. The van der Waals surface area contributed by atoms with E-state index in [1.807, 2.05) is 4.90 Å². The summed E-state index contributed by atoms with van der Waals surface area (Å²) in [6.07, 6.45) is -0.289. The van der Waals surface area contributed by atoms with Gasteiger partial charge in [-0.3, -0.25) is 4.79 Å². The number of likely N-dealkylation sites (N-methyl/N-ethyl adjacent to an activating group) is 1. The van der Waals surface area contributed by atoms with Gasteiger partial charge in [0.05, 0.1) is 12.5 Å². The standard InChI is InChI=1S/C10H20N2O2/c1-8-7-11(3)4-5-12(8)10(14)6-9(2)13/h8-9,13H,4-7H2,1-3H3/t8-,9-/m0/s1. The number of piperazine rings is 1. The number of amides is 1. The van der Waals surface area contributed by atoms with Gasteiger partial charge < -0.3 is 14.9 Å². The maximum Gasteiger partial charge on any atom is 0.225 e. The number of aliphatic hydroxyl groups is 1. The first-order chi connectivity index (χ1) is 6.50. The van der Waals surface area contributed by atoms with E-state index in [2.05, 4.69) is 18.9 Å². The van der Waals surface area contributed by atoms with Gasteiger partial charge in [-0.25, -0.2) is 0 Å². The van der Waals surface area contributed by atoms with Gasteiger partial charge in [0.2, 0.25) is 5.91 Å². The van der Waals surface area contributed by atoms with Crippen LogP contribution in [0.3, 0.4) is 0 Å². The van der Waals surface area contributed by atoms with Crippen molar-refractivity contribution in [2.24, 2.45) is 0 Å². The molecule has 82 valence electrons. The first kappa shape index (κ1) is 11.5. The normalized spacial score (nSPS) is 26.3. The molecule has 1 rings (SSSR count). The molecule has 0 aromatic rings. The van der Waals surface area contributed by atoms with E-state index >= 15 is 0 Å². The lowest BCUT2D eigenvalue weighted by atomic mass is 10.1. The molecule has 0 aliphatic carbocycles. The Hall–Kier alpha value is -0.610. The third-order valence-electron chi connectivity index (χ3n) is 2.62. The monoisotopic (exact) mass is 200 g/mol. The van der Waals surface area contributed by atoms with Gasteiger partial charge in [0.1, 0.15) is 0 Å². The van der Waals surface area contributed by atoms with Gasteiger partial charge in [0.15, 0.2) is 0 Å². The van der Waals surface area contributed by atoms with Crippen molar-refractivity contribution in [3.63, 3.8) is 0 Å². The van der Waals surface area contributed by atoms with Gasteiger partial charge in [0.25, 0.3) is 0 Å². The van der Waals surface area contributed by atoms with Gasteiger partial charge in [0, 0.05) is 25.7 Å². The van der Waals surface area contributed by atoms with E-state index in [0.29, 0.717) is 0 Å². The number of carbonyl (C=O) groups excluding carboxylic acids is 1. The lowest BCUT2D eigenvalue weighted by Gasteiger charge is -2.38. The third-order valence-corrected chi connectivity index (χ3v) is 2.62. The van der Waals surface area contributed by atoms with E-state index in [0.717, 1.165) is 19.6 Å². The number of hydrogen-bond donors (Lipinski definition) is 1. The van der Waals surface area contributed by atoms with Gasteiger partial charge in [-0.2, -0.15) is 0 Å². The molecule has 0 radical (unpaired) electrons. The molecule has 1 aliphatic rings. The Kier molecular flexibility index (Phi) is 3.89. The SMILES string of the molecule is C[C@H](O)CC(=O)N1CCN(C)C[C@@H]1C. The molecule has 1 aliphatic heterocycles. The van der Waals surface area contributed by atoms with Crippen molar-refractivity contribution in [1.82, 2.24) is 9.80 Å². The molecular weight excluding hydrogens is 180 g/mol. The summed E-state index contributed by atoms with van der Waals surface area (Å²) < 4.78 is 0. The second-order valence-corrected chi connectivity index (χ2v) is 4.25. The minimum Gasteiger partial charge on any atom is -0.393 e. The molecular formula is C10H20N2O2. The topological polar surface area (TPSA) is 43.8 Å². The van der Waals surface area contributed by atoms with E-state index in [9.17, 15) is 4.79 Å². The van der Waals surface area contributed by atoms with Crippen LogP contribution in [0.2, 0.25) is 0 Å². The van der Waals surface area contributed by atoms with E-state index < -0.39 is 6.10 Å². The highest BCUT2D eigenvalue weighted by molar-refractivity contribution is 5.77. The minimum absolute atomic E-state index is 0.0700. The first-order valence-corrected chi connectivity index (χ1v) is 5.16. The Morgan fingerprint density at radius 1 is 1.57 bits per heavy atom. The van der Waals surface area contributed by atoms with Gasteiger partial charge >= 0.3 is 0 Å². The summed E-state index contributed by atoms with van der Waals surface area (Å²) in [6, 6.07) is 0.264. The second-order valence-electron chi connectivity index (χ2n) is 4.25. The number of nitrogens with zero attached hydrogens (tertiary/aromatic N) is 2. The molecule has 0 bridgehead atoms. The van der Waals surface area contributed by atoms with E-state index in [1.54, 1.807) is 6.92 Å². The summed E-state index contributed by atoms with van der Waals surface area (Å²) in [5.74, 6) is 0.0700. The van der Waals surface area contributed by atoms with Crippen LogP contribution in [0.15, 0.2) is 0 Å². The summed E-state index contributed by atoms with van der Waals surface area (Å²) in [5, 5.41) is 9.13. The molecule has 0 saturated carbocycles. The Morgan fingerprint density at radius 3 is 2.71 bits per heavy atom. The number of hydrogen-bond acceptors (Lipinski definition) is 3. The average Bonchev–Trinajstić information content (AvgIpc) is 2.01. The molecule has 1 saturated heterocycles. The molecule has 1 amide bonds. The Balaban J connectivity index is 2.47. The van der Waals surface area contributed by atoms with Crippen molar-refractivity contribution in [2.45, 2.75) is 32.4 Å². The van der Waals surface area contributed by atoms with Crippen molar-refractivity contribution in [2.75, 3.05) is 26.7 Å². The highest BCUT2D eigenvalue weighted by Gasteiger charge is 2.25. The zero-order valence-corrected chi connectivity index (χ0v) is 9.23. The van der Waals surface area contributed by atoms with Crippen LogP contribution in [0.5, 0.6) is 0 Å². The van der Waals surface area contributed by atoms with Crippen LogP contribution in [0.1, 0.15) is 20.3 Å². The van der Waals surface area contributed by atoms with E-state index in [1.165, 1.54) is 0 Å². The lowest BCUT2D eigenvalue weighted by molar-refractivity contribution is -0.137. The fraction of sp³-hybridized carbons (Fsp3) is 0.900. The molecule has 0 aromatic heterocycles. The van der Waals surface area contributed by atoms with Crippen LogP contribution in [0.25, 0.3) is 0 Å². The molecule has 1 heterocycles. The molecule has 2 atom stereocenters. The van der Waals surface area contributed by atoms with Gasteiger partial charge in [-0.05, 0) is 20.9 Å². The third kappa shape index (κ3) is 2.96. The molecule has 14 heavy (non-hydrogen) atoms. The van der Waals surface area contributed by atoms with Gasteiger partial charge in [-0.15, -0.1) is 0 Å². The molecule has 0 aromatic carbocycles. The Labute approximate surface area is 85.5 Å². The van der Waals surface area contributed by atoms with Crippen LogP contribution >= 0.6 is 0 Å². The number of rotatable bonds is 2. The van der Waals surface area contributed by atoms with Crippen LogP contribution in [-0.4, -0.2) is 59.6 Å². The fourth-order valence-electron chi connectivity index (χ4n) is 1.88. The molecule has 1 fully saturated rings. The quantitative estimate of drug-likeness (QED) is 0.678. The summed E-state index contributed by atoms with van der Waals surface area (Å²) in [5.41, 5.74) is 0. The zero-order valence-electron chi connectivity index (χ0n) is 9.23. The number of aliphatic hydroxyl groups excluding tert-OH is 1. The molecule has 4 heteroatoms. The van der Waals surface area contributed by atoms with Crippen LogP contribution in [-0.2, 0) is 4.79 Å². The summed E-state index contributed by atoms with van der Waals surface area (Å²) in [7, 11) is 2.06. The fourth-order valence-corrected chi connectivity index (χ4v) is 1.88. The summed E-state index contributed by atoms with van der Waals surface area (Å²) >= 11 is 0. The van der Waals surface area contributed by atoms with Crippen molar-refractivity contribution in [3.05, 3.63) is 0 Å². The number of carbonyl (C=O) groups is 1. The smallest absolute Gasteiger partial charge is 0.225 e. The maximum absolute atomic E-state index is 11.7. The van der Waals surface area contributed by atoms with Gasteiger partial charge in [-0.1, -0.05) is 0 Å².